The second-order valence-corrected chi connectivity index (χ2v) is 5.75. The van der Waals surface area contributed by atoms with Gasteiger partial charge in [-0.3, -0.25) is 0 Å². The molecule has 0 radical (unpaired) electrons. The summed E-state index contributed by atoms with van der Waals surface area (Å²) in [6.07, 6.45) is 1.14. The number of sulfone groups is 1. The zero-order valence-electron chi connectivity index (χ0n) is 9.33. The Labute approximate surface area is 99.6 Å². The van der Waals surface area contributed by atoms with E-state index >= 15 is 0 Å². The van der Waals surface area contributed by atoms with Crippen molar-refractivity contribution in [1.82, 2.24) is 0 Å². The molecule has 0 atom stereocenters. The molecule has 6 nitrogen and oxygen atoms in total. The molecule has 0 saturated carbocycles. The highest BCUT2D eigenvalue weighted by Crippen LogP contribution is 2.13. The molecule has 0 spiro atoms. The van der Waals surface area contributed by atoms with Gasteiger partial charge in [-0.25, -0.2) is 8.42 Å². The molecule has 7 heteroatoms. The highest BCUT2D eigenvalue weighted by molar-refractivity contribution is 7.90. The maximum atomic E-state index is 10.9. The van der Waals surface area contributed by atoms with E-state index in [-0.39, 0.29) is 18.2 Å². The van der Waals surface area contributed by atoms with Gasteiger partial charge < -0.3 is 15.7 Å². The molecule has 94 valence electrons. The van der Waals surface area contributed by atoms with Crippen LogP contribution in [0.2, 0.25) is 0 Å². The van der Waals surface area contributed by atoms with E-state index in [2.05, 4.69) is 5.16 Å². The number of ether oxygens (including phenoxy) is 1. The van der Waals surface area contributed by atoms with Crippen molar-refractivity contribution < 1.29 is 18.4 Å². The third kappa shape index (κ3) is 4.73. The number of hydrogen-bond acceptors (Lipinski definition) is 5. The monoisotopic (exact) mass is 258 g/mol. The minimum atomic E-state index is -3.04. The van der Waals surface area contributed by atoms with Gasteiger partial charge in [-0.1, -0.05) is 17.3 Å². The Morgan fingerprint density at radius 3 is 2.82 bits per heavy atom. The van der Waals surface area contributed by atoms with Gasteiger partial charge in [0.05, 0.1) is 5.75 Å². The lowest BCUT2D eigenvalue weighted by molar-refractivity contribution is 0.318. The van der Waals surface area contributed by atoms with Crippen LogP contribution in [0.15, 0.2) is 29.4 Å². The summed E-state index contributed by atoms with van der Waals surface area (Å²) < 4.78 is 27.0. The normalized spacial score (nSPS) is 12.4. The first kappa shape index (κ1) is 13.3. The third-order valence-electron chi connectivity index (χ3n) is 1.96. The molecule has 0 aliphatic heterocycles. The summed E-state index contributed by atoms with van der Waals surface area (Å²) in [6.45, 7) is 0.0679. The Morgan fingerprint density at radius 1 is 1.53 bits per heavy atom. The number of amidine groups is 1. The lowest BCUT2D eigenvalue weighted by atomic mass is 10.2. The van der Waals surface area contributed by atoms with Crippen LogP contribution >= 0.6 is 0 Å². The van der Waals surface area contributed by atoms with Crippen molar-refractivity contribution in [3.63, 3.8) is 0 Å². The minimum Gasteiger partial charge on any atom is -0.493 e. The van der Waals surface area contributed by atoms with Crippen LogP contribution in [-0.4, -0.2) is 38.1 Å². The summed E-state index contributed by atoms with van der Waals surface area (Å²) in [5.74, 6) is 0.386. The highest BCUT2D eigenvalue weighted by Gasteiger charge is 2.04. The molecule has 0 aliphatic rings. The Kier molecular flexibility index (Phi) is 4.33. The molecule has 0 unspecified atom stereocenters. The summed E-state index contributed by atoms with van der Waals surface area (Å²) in [6, 6.07) is 6.55. The molecular weight excluding hydrogens is 244 g/mol. The van der Waals surface area contributed by atoms with Gasteiger partial charge in [0.2, 0.25) is 0 Å². The molecular formula is C10H14N2O4S. The zero-order valence-corrected chi connectivity index (χ0v) is 10.1. The fourth-order valence-electron chi connectivity index (χ4n) is 1.11. The first-order valence-corrected chi connectivity index (χ1v) is 6.87. The maximum absolute atomic E-state index is 10.9. The van der Waals surface area contributed by atoms with E-state index in [1.807, 2.05) is 0 Å². The summed E-state index contributed by atoms with van der Waals surface area (Å²) in [4.78, 5) is 0. The van der Waals surface area contributed by atoms with Crippen LogP contribution in [0.1, 0.15) is 5.56 Å². The molecule has 0 aliphatic carbocycles. The summed E-state index contributed by atoms with van der Waals surface area (Å²) >= 11 is 0. The average molecular weight is 258 g/mol. The quantitative estimate of drug-likeness (QED) is 0.340. The van der Waals surface area contributed by atoms with E-state index in [1.165, 1.54) is 0 Å². The predicted octanol–water partition coefficient (Wildman–Crippen LogP) is 0.205. The van der Waals surface area contributed by atoms with Gasteiger partial charge in [0.1, 0.15) is 12.4 Å². The van der Waals surface area contributed by atoms with Crippen LogP contribution in [0.4, 0.5) is 0 Å². The van der Waals surface area contributed by atoms with Crippen LogP contribution in [-0.2, 0) is 9.84 Å². The topological polar surface area (TPSA) is 102 Å². The van der Waals surface area contributed by atoms with Crippen molar-refractivity contribution in [2.24, 2.45) is 10.9 Å². The summed E-state index contributed by atoms with van der Waals surface area (Å²) in [5, 5.41) is 11.4. The number of hydrogen-bond donors (Lipinski definition) is 2. The van der Waals surface area contributed by atoms with Crippen molar-refractivity contribution in [2.75, 3.05) is 18.6 Å². The van der Waals surface area contributed by atoms with Gasteiger partial charge in [-0.2, -0.15) is 0 Å². The van der Waals surface area contributed by atoms with E-state index < -0.39 is 9.84 Å². The van der Waals surface area contributed by atoms with E-state index in [9.17, 15) is 8.42 Å². The average Bonchev–Trinajstić information content (AvgIpc) is 2.27. The van der Waals surface area contributed by atoms with Crippen molar-refractivity contribution >= 4 is 15.7 Å². The van der Waals surface area contributed by atoms with Gasteiger partial charge >= 0.3 is 0 Å². The summed E-state index contributed by atoms with van der Waals surface area (Å²) in [5.41, 5.74) is 5.91. The lowest BCUT2D eigenvalue weighted by Gasteiger charge is -2.06. The first-order chi connectivity index (χ1) is 7.92. The van der Waals surface area contributed by atoms with Gasteiger partial charge in [0.15, 0.2) is 15.7 Å². The molecule has 0 aromatic heterocycles. The largest absolute Gasteiger partial charge is 0.493 e. The van der Waals surface area contributed by atoms with Crippen molar-refractivity contribution in [3.8, 4) is 5.75 Å². The Hall–Kier alpha value is -1.76. The van der Waals surface area contributed by atoms with E-state index in [0.29, 0.717) is 11.3 Å². The van der Waals surface area contributed by atoms with Crippen LogP contribution < -0.4 is 10.5 Å². The molecule has 0 fully saturated rings. The van der Waals surface area contributed by atoms with Crippen LogP contribution in [0, 0.1) is 0 Å². The van der Waals surface area contributed by atoms with Crippen LogP contribution in [0.5, 0.6) is 5.75 Å². The fraction of sp³-hybridized carbons (Fsp3) is 0.300. The first-order valence-electron chi connectivity index (χ1n) is 4.81. The van der Waals surface area contributed by atoms with Gasteiger partial charge in [0.25, 0.3) is 0 Å². The lowest BCUT2D eigenvalue weighted by Crippen LogP contribution is -2.14. The minimum absolute atomic E-state index is 0.0291. The fourth-order valence-corrected chi connectivity index (χ4v) is 1.50. The van der Waals surface area contributed by atoms with Crippen LogP contribution in [0.3, 0.4) is 0 Å². The smallest absolute Gasteiger partial charge is 0.170 e. The number of nitrogens with zero attached hydrogens (tertiary/aromatic N) is 1. The molecule has 1 rings (SSSR count). The Balaban J connectivity index is 2.67. The maximum Gasteiger partial charge on any atom is 0.170 e. The van der Waals surface area contributed by atoms with Crippen molar-refractivity contribution in [2.45, 2.75) is 0 Å². The van der Waals surface area contributed by atoms with E-state index in [0.717, 1.165) is 6.26 Å². The number of nitrogens with two attached hydrogens (primary N) is 1. The van der Waals surface area contributed by atoms with Gasteiger partial charge in [0, 0.05) is 11.8 Å². The highest BCUT2D eigenvalue weighted by atomic mass is 32.2. The molecule has 0 amide bonds. The molecule has 0 bridgehead atoms. The molecule has 1 aromatic carbocycles. The predicted molar refractivity (Wildman–Crippen MR) is 64.2 cm³/mol. The molecule has 0 heterocycles. The second-order valence-electron chi connectivity index (χ2n) is 3.49. The molecule has 0 saturated heterocycles. The number of rotatable bonds is 5. The Morgan fingerprint density at radius 2 is 2.24 bits per heavy atom. The van der Waals surface area contributed by atoms with Crippen LogP contribution in [0.25, 0.3) is 0 Å². The van der Waals surface area contributed by atoms with E-state index in [1.54, 1.807) is 24.3 Å². The Bertz CT molecular complexity index is 511. The standard InChI is InChI=1S/C10H14N2O4S/c1-17(14,15)6-5-16-9-4-2-3-8(7-9)10(11)12-13/h2-4,7,13H,5-6H2,1H3,(H2,11,12). The van der Waals surface area contributed by atoms with E-state index in [4.69, 9.17) is 15.7 Å². The second kappa shape index (κ2) is 5.53. The zero-order chi connectivity index (χ0) is 12.9. The van der Waals surface area contributed by atoms with Gasteiger partial charge in [-0.05, 0) is 12.1 Å². The summed E-state index contributed by atoms with van der Waals surface area (Å²) in [7, 11) is -3.04. The molecule has 3 N–H and O–H groups in total. The number of oxime groups is 1. The van der Waals surface area contributed by atoms with Crippen molar-refractivity contribution in [1.29, 1.82) is 0 Å². The SMILES string of the molecule is CS(=O)(=O)CCOc1cccc(/C(N)=N/O)c1. The van der Waals surface area contributed by atoms with Crippen molar-refractivity contribution in [3.05, 3.63) is 29.8 Å². The number of benzene rings is 1. The molecule has 17 heavy (non-hydrogen) atoms. The van der Waals surface area contributed by atoms with Gasteiger partial charge in [-0.15, -0.1) is 0 Å². The molecule has 1 aromatic rings. The third-order valence-corrected chi connectivity index (χ3v) is 2.87.